The van der Waals surface area contributed by atoms with Crippen LogP contribution in [-0.4, -0.2) is 33.1 Å². The number of rotatable bonds is 6. The fourth-order valence-corrected chi connectivity index (χ4v) is 4.34. The van der Waals surface area contributed by atoms with E-state index in [2.05, 4.69) is 35.3 Å². The van der Waals surface area contributed by atoms with Gasteiger partial charge in [-0.05, 0) is 43.0 Å². The van der Waals surface area contributed by atoms with E-state index in [0.717, 1.165) is 28.3 Å². The number of nitrogens with one attached hydrogen (secondary N) is 1. The zero-order valence-electron chi connectivity index (χ0n) is 14.8. The molecule has 1 atom stereocenters. The molecule has 0 saturated carbocycles. The minimum Gasteiger partial charge on any atom is -0.462 e. The van der Waals surface area contributed by atoms with Crippen molar-refractivity contribution < 1.29 is 9.53 Å². The monoisotopic (exact) mass is 378 g/mol. The fraction of sp³-hybridized carbons (Fsp3) is 0.471. The molecule has 134 valence electrons. The molecule has 1 aliphatic heterocycles. The minimum atomic E-state index is -0.306. The number of hydrogen-bond donors (Lipinski definition) is 1. The van der Waals surface area contributed by atoms with Crippen LogP contribution in [0.3, 0.4) is 0 Å². The van der Waals surface area contributed by atoms with Crippen molar-refractivity contribution in [3.8, 4) is 0 Å². The van der Waals surface area contributed by atoms with Gasteiger partial charge in [-0.3, -0.25) is 0 Å². The molecule has 0 amide bonds. The van der Waals surface area contributed by atoms with Crippen molar-refractivity contribution in [3.05, 3.63) is 33.2 Å². The first kappa shape index (κ1) is 18.0. The van der Waals surface area contributed by atoms with Gasteiger partial charge < -0.3 is 10.1 Å². The summed E-state index contributed by atoms with van der Waals surface area (Å²) < 4.78 is 7.25. The number of ether oxygens (including phenoxy) is 1. The van der Waals surface area contributed by atoms with Gasteiger partial charge in [0.15, 0.2) is 0 Å². The molecule has 3 rings (SSSR count). The molecular formula is C17H22N4O2S2. The molecule has 0 saturated heterocycles. The number of hydrogen-bond acceptors (Lipinski definition) is 7. The summed E-state index contributed by atoms with van der Waals surface area (Å²) in [4.78, 5) is 18.4. The van der Waals surface area contributed by atoms with E-state index < -0.39 is 0 Å². The van der Waals surface area contributed by atoms with Gasteiger partial charge in [0.1, 0.15) is 6.04 Å². The molecule has 3 heterocycles. The van der Waals surface area contributed by atoms with E-state index in [4.69, 9.17) is 4.74 Å². The Hall–Kier alpha value is -1.80. The highest BCUT2D eigenvalue weighted by Gasteiger charge is 2.36. The lowest BCUT2D eigenvalue weighted by molar-refractivity contribution is -0.139. The lowest BCUT2D eigenvalue weighted by atomic mass is 10.00. The third-order valence-corrected chi connectivity index (χ3v) is 5.70. The Morgan fingerprint density at radius 3 is 2.88 bits per heavy atom. The Labute approximate surface area is 155 Å². The molecule has 0 fully saturated rings. The number of anilines is 1. The molecule has 0 radical (unpaired) electrons. The number of carbonyl (C=O) groups excluding carboxylic acids is 1. The van der Waals surface area contributed by atoms with Crippen LogP contribution in [-0.2, 0) is 9.53 Å². The first-order valence-corrected chi connectivity index (χ1v) is 10.2. The molecule has 6 nitrogen and oxygen atoms in total. The van der Waals surface area contributed by atoms with Crippen LogP contribution in [0.15, 0.2) is 27.9 Å². The van der Waals surface area contributed by atoms with Gasteiger partial charge in [0.25, 0.3) is 0 Å². The summed E-state index contributed by atoms with van der Waals surface area (Å²) in [6.45, 7) is 8.40. The number of thioether (sulfide) groups is 1. The number of esters is 1. The first-order valence-electron chi connectivity index (χ1n) is 8.35. The largest absolute Gasteiger partial charge is 0.462 e. The topological polar surface area (TPSA) is 69.0 Å². The number of fused-ring (bicyclic) bond motifs is 1. The van der Waals surface area contributed by atoms with Crippen molar-refractivity contribution in [2.45, 2.75) is 45.3 Å². The average molecular weight is 379 g/mol. The van der Waals surface area contributed by atoms with Gasteiger partial charge in [-0.25, -0.2) is 9.48 Å². The molecule has 0 aromatic carbocycles. The van der Waals surface area contributed by atoms with Crippen LogP contribution >= 0.6 is 23.1 Å². The number of thiophene rings is 1. The molecule has 0 bridgehead atoms. The summed E-state index contributed by atoms with van der Waals surface area (Å²) in [6, 6.07) is 1.75. The van der Waals surface area contributed by atoms with E-state index in [9.17, 15) is 4.79 Å². The summed E-state index contributed by atoms with van der Waals surface area (Å²) >= 11 is 3.21. The second-order valence-electron chi connectivity index (χ2n) is 5.77. The quantitative estimate of drug-likeness (QED) is 0.605. The van der Waals surface area contributed by atoms with Crippen molar-refractivity contribution >= 4 is 35.0 Å². The molecule has 1 N–H and O–H groups in total. The second kappa shape index (κ2) is 7.61. The van der Waals surface area contributed by atoms with Crippen molar-refractivity contribution in [3.63, 3.8) is 0 Å². The van der Waals surface area contributed by atoms with Crippen LogP contribution in [0.5, 0.6) is 0 Å². The zero-order valence-corrected chi connectivity index (χ0v) is 16.5. The number of carbonyl (C=O) groups is 1. The van der Waals surface area contributed by atoms with Gasteiger partial charge in [-0.2, -0.15) is 4.98 Å². The normalized spacial score (nSPS) is 16.6. The molecular weight excluding hydrogens is 356 g/mol. The molecule has 2 aromatic rings. The van der Waals surface area contributed by atoms with Gasteiger partial charge in [0, 0.05) is 10.6 Å². The maximum absolute atomic E-state index is 12.7. The third kappa shape index (κ3) is 3.46. The summed E-state index contributed by atoms with van der Waals surface area (Å²) in [7, 11) is 0. The summed E-state index contributed by atoms with van der Waals surface area (Å²) in [6.07, 6.45) is 0.792. The predicted octanol–water partition coefficient (Wildman–Crippen LogP) is 4.00. The van der Waals surface area contributed by atoms with E-state index in [-0.39, 0.29) is 12.0 Å². The Morgan fingerprint density at radius 2 is 2.24 bits per heavy atom. The Morgan fingerprint density at radius 1 is 1.44 bits per heavy atom. The highest BCUT2D eigenvalue weighted by Crippen LogP contribution is 2.39. The van der Waals surface area contributed by atoms with Gasteiger partial charge in [-0.15, -0.1) is 16.4 Å². The highest BCUT2D eigenvalue weighted by atomic mass is 32.2. The number of nitrogens with zero attached hydrogens (tertiary/aromatic N) is 3. The maximum atomic E-state index is 12.7. The van der Waals surface area contributed by atoms with E-state index >= 15 is 0 Å². The van der Waals surface area contributed by atoms with Gasteiger partial charge in [-0.1, -0.05) is 25.6 Å². The minimum absolute atomic E-state index is 0.296. The Balaban J connectivity index is 2.09. The number of allylic oxidation sites excluding steroid dienone is 1. The third-order valence-electron chi connectivity index (χ3n) is 3.91. The number of aryl methyl sites for hydroxylation is 1. The van der Waals surface area contributed by atoms with Gasteiger partial charge in [0.2, 0.25) is 11.1 Å². The van der Waals surface area contributed by atoms with Crippen LogP contribution in [0.2, 0.25) is 0 Å². The molecule has 25 heavy (non-hydrogen) atoms. The van der Waals surface area contributed by atoms with Crippen molar-refractivity contribution in [2.75, 3.05) is 17.7 Å². The summed E-state index contributed by atoms with van der Waals surface area (Å²) in [5.41, 5.74) is 2.51. The smallest absolute Gasteiger partial charge is 0.338 e. The highest BCUT2D eigenvalue weighted by molar-refractivity contribution is 7.99. The second-order valence-corrected chi connectivity index (χ2v) is 7.94. The van der Waals surface area contributed by atoms with Crippen molar-refractivity contribution in [2.24, 2.45) is 0 Å². The lowest BCUT2D eigenvalue weighted by Crippen LogP contribution is -2.29. The van der Waals surface area contributed by atoms with E-state index in [1.165, 1.54) is 0 Å². The standard InChI is InChI=1S/C17H22N4O2S2/c1-5-8-23-15(22)12-11(4)18-16-19-17(24-6-2)20-21(16)13(12)14-10(3)7-9-25-14/h7,9,13H,5-6,8H2,1-4H3,(H,18,19,20). The first-order chi connectivity index (χ1) is 12.1. The molecule has 8 heteroatoms. The molecule has 2 aromatic heterocycles. The van der Waals surface area contributed by atoms with E-state index in [1.54, 1.807) is 23.1 Å². The summed E-state index contributed by atoms with van der Waals surface area (Å²) in [5, 5.41) is 10.6. The Bertz CT molecular complexity index is 809. The molecule has 0 aliphatic carbocycles. The van der Waals surface area contributed by atoms with Gasteiger partial charge >= 0.3 is 5.97 Å². The van der Waals surface area contributed by atoms with Crippen molar-refractivity contribution in [1.29, 1.82) is 0 Å². The average Bonchev–Trinajstić information content (AvgIpc) is 3.17. The SMILES string of the molecule is CCCOC(=O)C1=C(C)Nc2nc(SCC)nn2C1c1sccc1C. The lowest BCUT2D eigenvalue weighted by Gasteiger charge is -2.27. The summed E-state index contributed by atoms with van der Waals surface area (Å²) in [5.74, 6) is 1.26. The molecule has 0 spiro atoms. The van der Waals surface area contributed by atoms with Crippen LogP contribution < -0.4 is 5.32 Å². The fourth-order valence-electron chi connectivity index (χ4n) is 2.77. The van der Waals surface area contributed by atoms with E-state index in [1.807, 2.05) is 23.9 Å². The molecule has 1 aliphatic rings. The Kier molecular flexibility index (Phi) is 5.48. The van der Waals surface area contributed by atoms with Crippen LogP contribution in [0, 0.1) is 6.92 Å². The zero-order chi connectivity index (χ0) is 18.0. The van der Waals surface area contributed by atoms with Crippen LogP contribution in [0.25, 0.3) is 0 Å². The van der Waals surface area contributed by atoms with E-state index in [0.29, 0.717) is 23.3 Å². The van der Waals surface area contributed by atoms with Gasteiger partial charge in [0.05, 0.1) is 12.2 Å². The van der Waals surface area contributed by atoms with Crippen LogP contribution in [0.4, 0.5) is 5.95 Å². The van der Waals surface area contributed by atoms with Crippen molar-refractivity contribution in [1.82, 2.24) is 14.8 Å². The van der Waals surface area contributed by atoms with Crippen LogP contribution in [0.1, 0.15) is 43.7 Å². The molecule has 1 unspecified atom stereocenters. The predicted molar refractivity (Wildman–Crippen MR) is 101 cm³/mol. The maximum Gasteiger partial charge on any atom is 0.338 e. The number of aromatic nitrogens is 3.